The fraction of sp³-hybridized carbons (Fsp3) is 0. The van der Waals surface area contributed by atoms with Crippen LogP contribution in [0.2, 0.25) is 0 Å². The summed E-state index contributed by atoms with van der Waals surface area (Å²) in [6.07, 6.45) is 1.19. The highest BCUT2D eigenvalue weighted by Gasteiger charge is 2.11. The summed E-state index contributed by atoms with van der Waals surface area (Å²) >= 11 is 0. The number of phenols is 1. The summed E-state index contributed by atoms with van der Waals surface area (Å²) in [5.41, 5.74) is 0.794. The highest BCUT2D eigenvalue weighted by Crippen LogP contribution is 2.21. The van der Waals surface area contributed by atoms with Gasteiger partial charge >= 0.3 is 0 Å². The predicted molar refractivity (Wildman–Crippen MR) is 85.2 cm³/mol. The number of hydrogen-bond acceptors (Lipinski definition) is 5. The molecule has 0 radical (unpaired) electrons. The molecule has 0 atom stereocenters. The van der Waals surface area contributed by atoms with Crippen LogP contribution in [0.5, 0.6) is 5.75 Å². The van der Waals surface area contributed by atoms with E-state index in [4.69, 9.17) is 10.5 Å². The Bertz CT molecular complexity index is 844. The van der Waals surface area contributed by atoms with Gasteiger partial charge in [0.1, 0.15) is 23.5 Å². The number of nitrogens with zero attached hydrogens (tertiary/aromatic N) is 2. The molecular weight excluding hydrogens is 292 g/mol. The third-order valence-electron chi connectivity index (χ3n) is 2.94. The Labute approximate surface area is 132 Å². The first-order valence-corrected chi connectivity index (χ1v) is 6.61. The molecule has 0 saturated heterocycles. The van der Waals surface area contributed by atoms with Gasteiger partial charge < -0.3 is 15.7 Å². The highest BCUT2D eigenvalue weighted by molar-refractivity contribution is 6.07. The molecule has 0 aliphatic heterocycles. The van der Waals surface area contributed by atoms with E-state index in [1.165, 1.54) is 12.3 Å². The molecular formula is C17H12N4O2. The summed E-state index contributed by atoms with van der Waals surface area (Å²) in [6, 6.07) is 16.6. The zero-order valence-corrected chi connectivity index (χ0v) is 11.9. The topological polar surface area (TPSA) is 109 Å². The maximum atomic E-state index is 12.1. The Morgan fingerprint density at radius 2 is 1.70 bits per heavy atom. The SMILES string of the molecule is N#C/C(=C/Nc1ccccc1O)C(=O)Nc1ccccc1C#N. The van der Waals surface area contributed by atoms with Gasteiger partial charge in [0.05, 0.1) is 16.9 Å². The monoisotopic (exact) mass is 304 g/mol. The molecule has 1 amide bonds. The quantitative estimate of drug-likeness (QED) is 0.457. The molecule has 2 rings (SSSR count). The van der Waals surface area contributed by atoms with Crippen LogP contribution in [0.3, 0.4) is 0 Å². The van der Waals surface area contributed by atoms with Crippen LogP contribution in [0.4, 0.5) is 11.4 Å². The lowest BCUT2D eigenvalue weighted by atomic mass is 10.2. The van der Waals surface area contributed by atoms with E-state index in [1.54, 1.807) is 48.5 Å². The molecule has 0 fully saturated rings. The Hall–Kier alpha value is -3.77. The number of phenolic OH excluding ortho intramolecular Hbond substituents is 1. The van der Waals surface area contributed by atoms with Crippen molar-refractivity contribution < 1.29 is 9.90 Å². The van der Waals surface area contributed by atoms with Crippen LogP contribution in [-0.4, -0.2) is 11.0 Å². The normalized spacial score (nSPS) is 10.3. The van der Waals surface area contributed by atoms with Gasteiger partial charge in [-0.05, 0) is 24.3 Å². The first kappa shape index (κ1) is 15.6. The second-order valence-corrected chi connectivity index (χ2v) is 4.44. The summed E-state index contributed by atoms with van der Waals surface area (Å²) < 4.78 is 0. The molecule has 112 valence electrons. The number of rotatable bonds is 4. The molecule has 0 aromatic heterocycles. The number of para-hydroxylation sites is 3. The Kier molecular flexibility index (Phi) is 4.96. The fourth-order valence-electron chi connectivity index (χ4n) is 1.77. The molecule has 0 saturated carbocycles. The van der Waals surface area contributed by atoms with Crippen molar-refractivity contribution in [2.24, 2.45) is 0 Å². The van der Waals surface area contributed by atoms with Gasteiger partial charge in [-0.1, -0.05) is 24.3 Å². The van der Waals surface area contributed by atoms with Gasteiger partial charge in [0.15, 0.2) is 0 Å². The maximum absolute atomic E-state index is 12.1. The molecule has 3 N–H and O–H groups in total. The third kappa shape index (κ3) is 3.87. The number of amides is 1. The molecule has 23 heavy (non-hydrogen) atoms. The standard InChI is InChI=1S/C17H12N4O2/c18-9-12-5-1-2-6-14(12)21-17(23)13(10-19)11-20-15-7-3-4-8-16(15)22/h1-8,11,20,22H,(H,21,23)/b13-11-. The number of anilines is 2. The van der Waals surface area contributed by atoms with E-state index in [0.717, 1.165) is 0 Å². The average molecular weight is 304 g/mol. The van der Waals surface area contributed by atoms with Gasteiger partial charge in [0.2, 0.25) is 0 Å². The number of nitriles is 2. The van der Waals surface area contributed by atoms with E-state index >= 15 is 0 Å². The number of carbonyl (C=O) groups excluding carboxylic acids is 1. The Morgan fingerprint density at radius 1 is 1.04 bits per heavy atom. The Balaban J connectivity index is 2.16. The molecule has 0 bridgehead atoms. The number of aromatic hydroxyl groups is 1. The maximum Gasteiger partial charge on any atom is 0.267 e. The van der Waals surface area contributed by atoms with Crippen molar-refractivity contribution >= 4 is 17.3 Å². The van der Waals surface area contributed by atoms with Crippen LogP contribution in [0, 0.1) is 22.7 Å². The largest absolute Gasteiger partial charge is 0.506 e. The molecule has 0 spiro atoms. The van der Waals surface area contributed by atoms with Crippen LogP contribution in [0.15, 0.2) is 60.3 Å². The van der Waals surface area contributed by atoms with Crippen LogP contribution >= 0.6 is 0 Å². The van der Waals surface area contributed by atoms with Crippen molar-refractivity contribution in [2.45, 2.75) is 0 Å². The lowest BCUT2D eigenvalue weighted by Gasteiger charge is -2.07. The minimum absolute atomic E-state index is 0.00345. The second-order valence-electron chi connectivity index (χ2n) is 4.44. The lowest BCUT2D eigenvalue weighted by molar-refractivity contribution is -0.112. The van der Waals surface area contributed by atoms with Crippen LogP contribution < -0.4 is 10.6 Å². The van der Waals surface area contributed by atoms with E-state index in [-0.39, 0.29) is 11.3 Å². The Morgan fingerprint density at radius 3 is 2.35 bits per heavy atom. The van der Waals surface area contributed by atoms with Crippen molar-refractivity contribution in [3.05, 3.63) is 65.9 Å². The molecule has 2 aromatic rings. The number of nitrogens with one attached hydrogen (secondary N) is 2. The first-order chi connectivity index (χ1) is 11.2. The highest BCUT2D eigenvalue weighted by atomic mass is 16.3. The molecule has 0 heterocycles. The first-order valence-electron chi connectivity index (χ1n) is 6.61. The van der Waals surface area contributed by atoms with Crippen molar-refractivity contribution in [1.29, 1.82) is 10.5 Å². The molecule has 0 unspecified atom stereocenters. The zero-order valence-electron chi connectivity index (χ0n) is 11.9. The number of benzene rings is 2. The fourth-order valence-corrected chi connectivity index (χ4v) is 1.77. The van der Waals surface area contributed by atoms with Crippen molar-refractivity contribution in [1.82, 2.24) is 0 Å². The van der Waals surface area contributed by atoms with Gasteiger partial charge in [0, 0.05) is 6.20 Å². The molecule has 6 heteroatoms. The summed E-state index contributed by atoms with van der Waals surface area (Å²) in [4.78, 5) is 12.1. The third-order valence-corrected chi connectivity index (χ3v) is 2.94. The summed E-state index contributed by atoms with van der Waals surface area (Å²) in [5, 5.41) is 32.9. The van der Waals surface area contributed by atoms with Crippen molar-refractivity contribution in [3.8, 4) is 17.9 Å². The van der Waals surface area contributed by atoms with Crippen molar-refractivity contribution in [2.75, 3.05) is 10.6 Å². The molecule has 6 nitrogen and oxygen atoms in total. The molecule has 0 aliphatic carbocycles. The van der Waals surface area contributed by atoms with Crippen molar-refractivity contribution in [3.63, 3.8) is 0 Å². The summed E-state index contributed by atoms with van der Waals surface area (Å²) in [6.45, 7) is 0. The predicted octanol–water partition coefficient (Wildman–Crippen LogP) is 2.72. The molecule has 0 aliphatic rings. The summed E-state index contributed by atoms with van der Waals surface area (Å²) in [7, 11) is 0. The summed E-state index contributed by atoms with van der Waals surface area (Å²) in [5.74, 6) is -0.658. The molecule has 2 aromatic carbocycles. The van der Waals surface area contributed by atoms with Crippen LogP contribution in [0.25, 0.3) is 0 Å². The van der Waals surface area contributed by atoms with E-state index in [0.29, 0.717) is 16.9 Å². The number of carbonyl (C=O) groups is 1. The van der Waals surface area contributed by atoms with Gasteiger partial charge in [-0.2, -0.15) is 10.5 Å². The van der Waals surface area contributed by atoms with Gasteiger partial charge in [-0.15, -0.1) is 0 Å². The van der Waals surface area contributed by atoms with E-state index in [2.05, 4.69) is 10.6 Å². The minimum atomic E-state index is -0.655. The number of hydrogen-bond donors (Lipinski definition) is 3. The zero-order chi connectivity index (χ0) is 16.7. The van der Waals surface area contributed by atoms with Gasteiger partial charge in [0.25, 0.3) is 5.91 Å². The van der Waals surface area contributed by atoms with E-state index in [1.807, 2.05) is 6.07 Å². The van der Waals surface area contributed by atoms with Crippen LogP contribution in [-0.2, 0) is 4.79 Å². The van der Waals surface area contributed by atoms with Crippen LogP contribution in [0.1, 0.15) is 5.56 Å². The lowest BCUT2D eigenvalue weighted by Crippen LogP contribution is -2.15. The average Bonchev–Trinajstić information content (AvgIpc) is 2.57. The second kappa shape index (κ2) is 7.30. The van der Waals surface area contributed by atoms with E-state index < -0.39 is 5.91 Å². The van der Waals surface area contributed by atoms with E-state index in [9.17, 15) is 9.90 Å². The van der Waals surface area contributed by atoms with Gasteiger partial charge in [-0.3, -0.25) is 4.79 Å². The smallest absolute Gasteiger partial charge is 0.267 e. The minimum Gasteiger partial charge on any atom is -0.506 e. The van der Waals surface area contributed by atoms with Gasteiger partial charge in [-0.25, -0.2) is 0 Å².